The van der Waals surface area contributed by atoms with Gasteiger partial charge in [-0.05, 0) is 24.5 Å². The number of unbranched alkanes of at least 4 members (excludes halogenated alkanes) is 1. The van der Waals surface area contributed by atoms with Crippen molar-refractivity contribution in [1.29, 1.82) is 0 Å². The highest BCUT2D eigenvalue weighted by Crippen LogP contribution is 2.22. The molecule has 0 spiro atoms. The molecule has 0 aliphatic carbocycles. The van der Waals surface area contributed by atoms with Crippen molar-refractivity contribution in [2.75, 3.05) is 5.75 Å². The SMILES string of the molecule is CCCCS/C=C1/CC(C)OC1=O. The van der Waals surface area contributed by atoms with Crippen molar-refractivity contribution in [3.05, 3.63) is 11.0 Å². The fraction of sp³-hybridized carbons (Fsp3) is 0.700. The van der Waals surface area contributed by atoms with Gasteiger partial charge in [0.15, 0.2) is 0 Å². The summed E-state index contributed by atoms with van der Waals surface area (Å²) in [7, 11) is 0. The zero-order valence-corrected chi connectivity index (χ0v) is 9.02. The highest BCUT2D eigenvalue weighted by atomic mass is 32.2. The molecule has 1 saturated heterocycles. The van der Waals surface area contributed by atoms with Crippen LogP contribution in [-0.4, -0.2) is 17.8 Å². The lowest BCUT2D eigenvalue weighted by Crippen LogP contribution is -1.99. The predicted molar refractivity (Wildman–Crippen MR) is 55.6 cm³/mol. The number of rotatable bonds is 4. The van der Waals surface area contributed by atoms with Crippen LogP contribution in [0, 0.1) is 0 Å². The molecule has 2 nitrogen and oxygen atoms in total. The summed E-state index contributed by atoms with van der Waals surface area (Å²) < 4.78 is 5.01. The van der Waals surface area contributed by atoms with Crippen LogP contribution in [0.3, 0.4) is 0 Å². The lowest BCUT2D eigenvalue weighted by molar-refractivity contribution is -0.138. The summed E-state index contributed by atoms with van der Waals surface area (Å²) in [5, 5.41) is 1.96. The number of esters is 1. The molecule has 1 aliphatic rings. The minimum absolute atomic E-state index is 0.0746. The number of thioether (sulfide) groups is 1. The van der Waals surface area contributed by atoms with Gasteiger partial charge in [-0.15, -0.1) is 11.8 Å². The average molecular weight is 200 g/mol. The predicted octanol–water partition coefficient (Wildman–Crippen LogP) is 2.74. The summed E-state index contributed by atoms with van der Waals surface area (Å²) in [6.45, 7) is 4.09. The van der Waals surface area contributed by atoms with Gasteiger partial charge in [-0.2, -0.15) is 0 Å². The fourth-order valence-corrected chi connectivity index (χ4v) is 2.14. The monoisotopic (exact) mass is 200 g/mol. The lowest BCUT2D eigenvalue weighted by atomic mass is 10.2. The number of hydrogen-bond donors (Lipinski definition) is 0. The maximum Gasteiger partial charge on any atom is 0.334 e. The summed E-state index contributed by atoms with van der Waals surface area (Å²) in [5.74, 6) is 0.971. The van der Waals surface area contributed by atoms with Gasteiger partial charge in [0.25, 0.3) is 0 Å². The second-order valence-electron chi connectivity index (χ2n) is 3.29. The zero-order valence-electron chi connectivity index (χ0n) is 8.21. The Morgan fingerprint density at radius 1 is 1.69 bits per heavy atom. The fourth-order valence-electron chi connectivity index (χ4n) is 1.18. The van der Waals surface area contributed by atoms with E-state index in [0.29, 0.717) is 0 Å². The van der Waals surface area contributed by atoms with E-state index in [1.54, 1.807) is 11.8 Å². The first-order valence-corrected chi connectivity index (χ1v) is 5.80. The van der Waals surface area contributed by atoms with Crippen molar-refractivity contribution in [1.82, 2.24) is 0 Å². The van der Waals surface area contributed by atoms with Crippen molar-refractivity contribution in [2.45, 2.75) is 39.2 Å². The molecule has 0 amide bonds. The van der Waals surface area contributed by atoms with Gasteiger partial charge in [0.05, 0.1) is 0 Å². The molecule has 0 radical (unpaired) electrons. The molecule has 13 heavy (non-hydrogen) atoms. The maximum absolute atomic E-state index is 11.1. The summed E-state index contributed by atoms with van der Waals surface area (Å²) in [6, 6.07) is 0. The van der Waals surface area contributed by atoms with Gasteiger partial charge in [-0.25, -0.2) is 4.79 Å². The van der Waals surface area contributed by atoms with E-state index in [9.17, 15) is 4.79 Å². The summed E-state index contributed by atoms with van der Waals surface area (Å²) in [5.41, 5.74) is 0.841. The van der Waals surface area contributed by atoms with Gasteiger partial charge in [0.1, 0.15) is 6.10 Å². The van der Waals surface area contributed by atoms with E-state index < -0.39 is 0 Å². The molecule has 1 unspecified atom stereocenters. The standard InChI is InChI=1S/C10H16O2S/c1-3-4-5-13-7-9-6-8(2)12-10(9)11/h7-8H,3-6H2,1-2H3/b9-7-. The molecule has 1 atom stereocenters. The van der Waals surface area contributed by atoms with Crippen LogP contribution in [0.2, 0.25) is 0 Å². The molecule has 0 bridgehead atoms. The average Bonchev–Trinajstić information content (AvgIpc) is 2.39. The van der Waals surface area contributed by atoms with Crippen LogP contribution in [0.15, 0.2) is 11.0 Å². The summed E-state index contributed by atoms with van der Waals surface area (Å²) in [6.07, 6.45) is 3.26. The van der Waals surface area contributed by atoms with Crippen LogP contribution in [0.25, 0.3) is 0 Å². The quantitative estimate of drug-likeness (QED) is 0.396. The largest absolute Gasteiger partial charge is 0.459 e. The molecule has 0 N–H and O–H groups in total. The topological polar surface area (TPSA) is 26.3 Å². The van der Waals surface area contributed by atoms with E-state index in [0.717, 1.165) is 17.7 Å². The van der Waals surface area contributed by atoms with Crippen molar-refractivity contribution in [2.24, 2.45) is 0 Å². The third-order valence-electron chi connectivity index (χ3n) is 1.92. The first-order chi connectivity index (χ1) is 6.24. The first kappa shape index (κ1) is 10.6. The van der Waals surface area contributed by atoms with Crippen molar-refractivity contribution in [3.63, 3.8) is 0 Å². The van der Waals surface area contributed by atoms with Gasteiger partial charge in [-0.3, -0.25) is 0 Å². The zero-order chi connectivity index (χ0) is 9.68. The molecule has 0 aromatic rings. The molecule has 0 saturated carbocycles. The molecular formula is C10H16O2S. The Morgan fingerprint density at radius 2 is 2.46 bits per heavy atom. The molecule has 0 aromatic carbocycles. The molecule has 3 heteroatoms. The van der Waals surface area contributed by atoms with Crippen LogP contribution in [0.4, 0.5) is 0 Å². The Hall–Kier alpha value is -0.440. The van der Waals surface area contributed by atoms with Gasteiger partial charge < -0.3 is 4.74 Å². The van der Waals surface area contributed by atoms with Crippen LogP contribution in [0.1, 0.15) is 33.1 Å². The Balaban J connectivity index is 2.30. The van der Waals surface area contributed by atoms with E-state index >= 15 is 0 Å². The third kappa shape index (κ3) is 3.43. The maximum atomic E-state index is 11.1. The smallest absolute Gasteiger partial charge is 0.334 e. The number of cyclic esters (lactones) is 1. The van der Waals surface area contributed by atoms with Crippen molar-refractivity contribution in [3.8, 4) is 0 Å². The van der Waals surface area contributed by atoms with Gasteiger partial charge in [-0.1, -0.05) is 13.3 Å². The van der Waals surface area contributed by atoms with E-state index in [1.165, 1.54) is 12.8 Å². The van der Waals surface area contributed by atoms with Crippen LogP contribution in [-0.2, 0) is 9.53 Å². The summed E-state index contributed by atoms with van der Waals surface area (Å²) in [4.78, 5) is 11.1. The minimum atomic E-state index is -0.128. The van der Waals surface area contributed by atoms with Crippen LogP contribution in [0.5, 0.6) is 0 Å². The molecule has 1 fully saturated rings. The highest BCUT2D eigenvalue weighted by Gasteiger charge is 2.24. The van der Waals surface area contributed by atoms with Gasteiger partial charge in [0, 0.05) is 12.0 Å². The molecular weight excluding hydrogens is 184 g/mol. The van der Waals surface area contributed by atoms with Crippen molar-refractivity contribution < 1.29 is 9.53 Å². The number of hydrogen-bond acceptors (Lipinski definition) is 3. The second kappa shape index (κ2) is 5.32. The van der Waals surface area contributed by atoms with Gasteiger partial charge >= 0.3 is 5.97 Å². The summed E-state index contributed by atoms with van der Waals surface area (Å²) >= 11 is 1.72. The highest BCUT2D eigenvalue weighted by molar-refractivity contribution is 8.02. The van der Waals surface area contributed by atoms with E-state index in [-0.39, 0.29) is 12.1 Å². The number of carbonyl (C=O) groups excluding carboxylic acids is 1. The normalized spacial score (nSPS) is 25.2. The van der Waals surface area contributed by atoms with Crippen molar-refractivity contribution >= 4 is 17.7 Å². The molecule has 1 aliphatic heterocycles. The molecule has 1 rings (SSSR count). The van der Waals surface area contributed by atoms with E-state index in [4.69, 9.17) is 4.74 Å². The van der Waals surface area contributed by atoms with E-state index in [2.05, 4.69) is 6.92 Å². The Morgan fingerprint density at radius 3 is 3.00 bits per heavy atom. The van der Waals surface area contributed by atoms with Gasteiger partial charge in [0.2, 0.25) is 0 Å². The molecule has 74 valence electrons. The Bertz CT molecular complexity index is 211. The minimum Gasteiger partial charge on any atom is -0.459 e. The second-order valence-corrected chi connectivity index (χ2v) is 4.26. The Kier molecular flexibility index (Phi) is 4.36. The van der Waals surface area contributed by atoms with E-state index in [1.807, 2.05) is 12.3 Å². The number of ether oxygens (including phenoxy) is 1. The van der Waals surface area contributed by atoms with Crippen LogP contribution < -0.4 is 0 Å². The number of carbonyl (C=O) groups is 1. The van der Waals surface area contributed by atoms with Crippen LogP contribution >= 0.6 is 11.8 Å². The first-order valence-electron chi connectivity index (χ1n) is 4.75. The molecule has 0 aromatic heterocycles. The lowest BCUT2D eigenvalue weighted by Gasteiger charge is -1.94. The Labute approximate surface area is 83.7 Å². The third-order valence-corrected chi connectivity index (χ3v) is 2.89. The molecule has 1 heterocycles.